The normalized spacial score (nSPS) is 10.4. The molecule has 4 nitrogen and oxygen atoms in total. The SMILES string of the molecule is O=CCc1ccc2ccc(=O)oc2c1O. The van der Waals surface area contributed by atoms with Gasteiger partial charge in [-0.1, -0.05) is 12.1 Å². The van der Waals surface area contributed by atoms with Crippen molar-refractivity contribution >= 4 is 17.3 Å². The summed E-state index contributed by atoms with van der Waals surface area (Å²) in [7, 11) is 0. The molecule has 0 saturated carbocycles. The lowest BCUT2D eigenvalue weighted by Gasteiger charge is -2.03. The number of hydrogen-bond donors (Lipinski definition) is 1. The maximum absolute atomic E-state index is 11.0. The molecule has 0 aliphatic rings. The van der Waals surface area contributed by atoms with Crippen LogP contribution in [0.25, 0.3) is 11.0 Å². The van der Waals surface area contributed by atoms with E-state index in [1.54, 1.807) is 18.2 Å². The highest BCUT2D eigenvalue weighted by molar-refractivity contribution is 5.84. The summed E-state index contributed by atoms with van der Waals surface area (Å²) in [6.07, 6.45) is 0.780. The third-order valence-corrected chi connectivity index (χ3v) is 2.15. The van der Waals surface area contributed by atoms with Gasteiger partial charge in [0.15, 0.2) is 11.3 Å². The van der Waals surface area contributed by atoms with Crippen molar-refractivity contribution in [3.05, 3.63) is 40.2 Å². The number of fused-ring (bicyclic) bond motifs is 1. The molecule has 0 aliphatic heterocycles. The summed E-state index contributed by atoms with van der Waals surface area (Å²) in [5, 5.41) is 10.3. The Hall–Kier alpha value is -2.10. The van der Waals surface area contributed by atoms with Crippen molar-refractivity contribution < 1.29 is 14.3 Å². The van der Waals surface area contributed by atoms with E-state index in [1.165, 1.54) is 6.07 Å². The number of aldehydes is 1. The molecule has 0 atom stereocenters. The first-order valence-corrected chi connectivity index (χ1v) is 4.40. The molecule has 76 valence electrons. The van der Waals surface area contributed by atoms with Gasteiger partial charge in [-0.05, 0) is 6.07 Å². The smallest absolute Gasteiger partial charge is 0.336 e. The molecule has 1 heterocycles. The van der Waals surface area contributed by atoms with E-state index in [4.69, 9.17) is 4.42 Å². The van der Waals surface area contributed by atoms with Crippen LogP contribution in [0.1, 0.15) is 5.56 Å². The average molecular weight is 204 g/mol. The summed E-state index contributed by atoms with van der Waals surface area (Å²) in [6, 6.07) is 6.16. The quantitative estimate of drug-likeness (QED) is 0.590. The number of aromatic hydroxyl groups is 1. The van der Waals surface area contributed by atoms with E-state index in [-0.39, 0.29) is 17.8 Å². The zero-order valence-corrected chi connectivity index (χ0v) is 7.77. The van der Waals surface area contributed by atoms with Gasteiger partial charge in [0.25, 0.3) is 0 Å². The fourth-order valence-electron chi connectivity index (χ4n) is 1.41. The minimum Gasteiger partial charge on any atom is -0.504 e. The van der Waals surface area contributed by atoms with Crippen LogP contribution in [-0.2, 0) is 11.2 Å². The predicted octanol–water partition coefficient (Wildman–Crippen LogP) is 1.24. The lowest BCUT2D eigenvalue weighted by Crippen LogP contribution is -1.96. The first-order chi connectivity index (χ1) is 7.22. The molecule has 1 aromatic heterocycles. The van der Waals surface area contributed by atoms with Crippen LogP contribution in [0.2, 0.25) is 0 Å². The van der Waals surface area contributed by atoms with Gasteiger partial charge in [0.2, 0.25) is 0 Å². The summed E-state index contributed by atoms with van der Waals surface area (Å²) in [6.45, 7) is 0. The van der Waals surface area contributed by atoms with Gasteiger partial charge in [-0.15, -0.1) is 0 Å². The van der Waals surface area contributed by atoms with Gasteiger partial charge in [-0.3, -0.25) is 0 Å². The molecule has 1 N–H and O–H groups in total. The number of rotatable bonds is 2. The van der Waals surface area contributed by atoms with Gasteiger partial charge in [-0.25, -0.2) is 4.79 Å². The van der Waals surface area contributed by atoms with Crippen LogP contribution < -0.4 is 5.63 Å². The minimum absolute atomic E-state index is 0.0976. The Morgan fingerprint density at radius 2 is 2.00 bits per heavy atom. The first-order valence-electron chi connectivity index (χ1n) is 4.40. The van der Waals surface area contributed by atoms with Crippen molar-refractivity contribution in [2.45, 2.75) is 6.42 Å². The van der Waals surface area contributed by atoms with Crippen molar-refractivity contribution in [2.24, 2.45) is 0 Å². The van der Waals surface area contributed by atoms with Gasteiger partial charge < -0.3 is 14.3 Å². The highest BCUT2D eigenvalue weighted by Crippen LogP contribution is 2.27. The standard InChI is InChI=1S/C11H8O4/c12-6-5-7-1-2-8-3-4-9(13)15-11(8)10(7)14/h1-4,6,14H,5H2. The molecule has 0 radical (unpaired) electrons. The highest BCUT2D eigenvalue weighted by Gasteiger charge is 2.08. The molecule has 2 rings (SSSR count). The summed E-state index contributed by atoms with van der Waals surface area (Å²) < 4.78 is 4.86. The van der Waals surface area contributed by atoms with Crippen LogP contribution in [0.4, 0.5) is 0 Å². The number of phenols is 1. The van der Waals surface area contributed by atoms with E-state index in [0.717, 1.165) is 0 Å². The molecular weight excluding hydrogens is 196 g/mol. The maximum atomic E-state index is 11.0. The second-order valence-corrected chi connectivity index (χ2v) is 3.12. The molecule has 0 aliphatic carbocycles. The molecule has 4 heteroatoms. The summed E-state index contributed by atoms with van der Waals surface area (Å²) >= 11 is 0. The van der Waals surface area contributed by atoms with Crippen LogP contribution in [0.15, 0.2) is 33.5 Å². The minimum atomic E-state index is -0.527. The number of carbonyl (C=O) groups excluding carboxylic acids is 1. The van der Waals surface area contributed by atoms with Crippen molar-refractivity contribution in [2.75, 3.05) is 0 Å². The van der Waals surface area contributed by atoms with E-state index >= 15 is 0 Å². The van der Waals surface area contributed by atoms with Crippen molar-refractivity contribution in [3.63, 3.8) is 0 Å². The second-order valence-electron chi connectivity index (χ2n) is 3.12. The molecule has 0 unspecified atom stereocenters. The van der Waals surface area contributed by atoms with Gasteiger partial charge in [0, 0.05) is 23.4 Å². The van der Waals surface area contributed by atoms with Gasteiger partial charge in [-0.2, -0.15) is 0 Å². The first kappa shape index (κ1) is 9.45. The Labute approximate surface area is 84.8 Å². The highest BCUT2D eigenvalue weighted by atomic mass is 16.4. The fourth-order valence-corrected chi connectivity index (χ4v) is 1.41. The Balaban J connectivity index is 2.76. The Bertz CT molecular complexity index is 568. The van der Waals surface area contributed by atoms with Gasteiger partial charge in [0.1, 0.15) is 6.29 Å². The van der Waals surface area contributed by atoms with Crippen molar-refractivity contribution in [1.82, 2.24) is 0 Å². The maximum Gasteiger partial charge on any atom is 0.336 e. The lowest BCUT2D eigenvalue weighted by molar-refractivity contribution is -0.107. The number of phenolic OH excluding ortho intramolecular Hbond substituents is 1. The monoisotopic (exact) mass is 204 g/mol. The van der Waals surface area contributed by atoms with Crippen LogP contribution in [0, 0.1) is 0 Å². The summed E-state index contributed by atoms with van der Waals surface area (Å²) in [4.78, 5) is 21.3. The average Bonchev–Trinajstić information content (AvgIpc) is 2.23. The molecule has 0 saturated heterocycles. The zero-order chi connectivity index (χ0) is 10.8. The van der Waals surface area contributed by atoms with E-state index in [1.807, 2.05) is 0 Å². The molecule has 0 amide bonds. The van der Waals surface area contributed by atoms with E-state index < -0.39 is 5.63 Å². The molecule has 0 bridgehead atoms. The van der Waals surface area contributed by atoms with Crippen LogP contribution >= 0.6 is 0 Å². The Morgan fingerprint density at radius 1 is 1.27 bits per heavy atom. The zero-order valence-electron chi connectivity index (χ0n) is 7.77. The van der Waals surface area contributed by atoms with Crippen LogP contribution in [0.3, 0.4) is 0 Å². The van der Waals surface area contributed by atoms with E-state index in [2.05, 4.69) is 0 Å². The largest absolute Gasteiger partial charge is 0.504 e. The molecule has 0 spiro atoms. The van der Waals surface area contributed by atoms with E-state index in [0.29, 0.717) is 17.2 Å². The Morgan fingerprint density at radius 3 is 2.73 bits per heavy atom. The molecule has 2 aromatic rings. The predicted molar refractivity (Wildman–Crippen MR) is 53.9 cm³/mol. The fraction of sp³-hybridized carbons (Fsp3) is 0.0909. The van der Waals surface area contributed by atoms with Crippen LogP contribution in [0.5, 0.6) is 5.75 Å². The Kier molecular flexibility index (Phi) is 2.25. The molecule has 0 fully saturated rings. The molecular formula is C11H8O4. The number of benzene rings is 1. The summed E-state index contributed by atoms with van der Waals surface area (Å²) in [5.74, 6) is -0.141. The third kappa shape index (κ3) is 1.61. The van der Waals surface area contributed by atoms with Crippen molar-refractivity contribution in [3.8, 4) is 5.75 Å². The van der Waals surface area contributed by atoms with E-state index in [9.17, 15) is 14.7 Å². The number of hydrogen-bond acceptors (Lipinski definition) is 4. The molecule has 1 aromatic carbocycles. The van der Waals surface area contributed by atoms with Crippen LogP contribution in [-0.4, -0.2) is 11.4 Å². The van der Waals surface area contributed by atoms with Gasteiger partial charge in [0.05, 0.1) is 0 Å². The second kappa shape index (κ2) is 3.57. The topological polar surface area (TPSA) is 67.5 Å². The summed E-state index contributed by atoms with van der Waals surface area (Å²) in [5.41, 5.74) is 0.0507. The van der Waals surface area contributed by atoms with Crippen molar-refractivity contribution in [1.29, 1.82) is 0 Å². The lowest BCUT2D eigenvalue weighted by atomic mass is 10.1. The third-order valence-electron chi connectivity index (χ3n) is 2.15. The molecule has 15 heavy (non-hydrogen) atoms. The van der Waals surface area contributed by atoms with Gasteiger partial charge >= 0.3 is 5.63 Å². The number of carbonyl (C=O) groups is 1.